The predicted molar refractivity (Wildman–Crippen MR) is 58.7 cm³/mol. The lowest BCUT2D eigenvalue weighted by Crippen LogP contribution is -2.11. The first kappa shape index (κ1) is 12.0. The SMILES string of the molecule is Fc1cc(C(F)(F)F)ccc1C1C[C@]12CCNC2. The summed E-state index contributed by atoms with van der Waals surface area (Å²) in [4.78, 5) is 0. The molecule has 1 saturated heterocycles. The minimum absolute atomic E-state index is 0.0785. The Bertz CT molecular complexity index is 474. The van der Waals surface area contributed by atoms with Crippen LogP contribution in [-0.4, -0.2) is 13.1 Å². The van der Waals surface area contributed by atoms with Crippen molar-refractivity contribution in [1.82, 2.24) is 5.32 Å². The summed E-state index contributed by atoms with van der Waals surface area (Å²) >= 11 is 0. The van der Waals surface area contributed by atoms with Crippen molar-refractivity contribution in [2.45, 2.75) is 24.9 Å². The van der Waals surface area contributed by atoms with Crippen molar-refractivity contribution < 1.29 is 17.6 Å². The molecule has 1 N–H and O–H groups in total. The van der Waals surface area contributed by atoms with Crippen LogP contribution in [-0.2, 0) is 6.18 Å². The second-order valence-electron chi connectivity index (χ2n) is 5.28. The third-order valence-corrected chi connectivity index (χ3v) is 4.17. The van der Waals surface area contributed by atoms with Gasteiger partial charge in [0.25, 0.3) is 0 Å². The lowest BCUT2D eigenvalue weighted by molar-refractivity contribution is -0.137. The summed E-state index contributed by atoms with van der Waals surface area (Å²) in [5.41, 5.74) is -0.379. The van der Waals surface area contributed by atoms with E-state index in [0.717, 1.165) is 32.0 Å². The fourth-order valence-corrected chi connectivity index (χ4v) is 3.01. The lowest BCUT2D eigenvalue weighted by atomic mass is 9.97. The van der Waals surface area contributed by atoms with Crippen LogP contribution >= 0.6 is 0 Å². The van der Waals surface area contributed by atoms with Gasteiger partial charge in [0.05, 0.1) is 5.56 Å². The van der Waals surface area contributed by atoms with E-state index in [2.05, 4.69) is 5.32 Å². The third-order valence-electron chi connectivity index (χ3n) is 4.17. The van der Waals surface area contributed by atoms with E-state index in [9.17, 15) is 17.6 Å². The van der Waals surface area contributed by atoms with Crippen LogP contribution in [0.3, 0.4) is 0 Å². The first-order chi connectivity index (χ1) is 8.42. The Morgan fingerprint density at radius 3 is 2.61 bits per heavy atom. The molecule has 5 heteroatoms. The summed E-state index contributed by atoms with van der Waals surface area (Å²) in [7, 11) is 0. The van der Waals surface area contributed by atoms with E-state index < -0.39 is 17.6 Å². The fraction of sp³-hybridized carbons (Fsp3) is 0.538. The van der Waals surface area contributed by atoms with E-state index in [0.29, 0.717) is 11.6 Å². The highest BCUT2D eigenvalue weighted by Crippen LogP contribution is 2.63. The van der Waals surface area contributed by atoms with Gasteiger partial charge in [-0.05, 0) is 48.4 Å². The van der Waals surface area contributed by atoms with Crippen molar-refractivity contribution in [2.24, 2.45) is 5.41 Å². The molecule has 1 aromatic carbocycles. The molecule has 1 saturated carbocycles. The van der Waals surface area contributed by atoms with Crippen molar-refractivity contribution in [1.29, 1.82) is 0 Å². The van der Waals surface area contributed by atoms with Crippen LogP contribution in [0.2, 0.25) is 0 Å². The maximum atomic E-state index is 13.8. The molecular formula is C13H13F4N. The zero-order chi connectivity index (χ0) is 13.0. The molecule has 2 atom stereocenters. The monoisotopic (exact) mass is 259 g/mol. The van der Waals surface area contributed by atoms with E-state index in [1.807, 2.05) is 0 Å². The second kappa shape index (κ2) is 3.70. The molecule has 0 aromatic heterocycles. The molecule has 1 unspecified atom stereocenters. The number of benzene rings is 1. The maximum Gasteiger partial charge on any atom is 0.416 e. The number of halogens is 4. The highest BCUT2D eigenvalue weighted by Gasteiger charge is 2.56. The number of rotatable bonds is 1. The molecule has 0 bridgehead atoms. The van der Waals surface area contributed by atoms with Crippen LogP contribution in [0, 0.1) is 11.2 Å². The molecule has 18 heavy (non-hydrogen) atoms. The number of alkyl halides is 3. The smallest absolute Gasteiger partial charge is 0.316 e. The van der Waals surface area contributed by atoms with Crippen molar-refractivity contribution in [3.05, 3.63) is 35.1 Å². The van der Waals surface area contributed by atoms with Crippen LogP contribution in [0.1, 0.15) is 29.9 Å². The van der Waals surface area contributed by atoms with E-state index in [-0.39, 0.29) is 11.3 Å². The molecule has 1 aromatic rings. The topological polar surface area (TPSA) is 12.0 Å². The Hall–Kier alpha value is -1.10. The average molecular weight is 259 g/mol. The van der Waals surface area contributed by atoms with Gasteiger partial charge >= 0.3 is 6.18 Å². The summed E-state index contributed by atoms with van der Waals surface area (Å²) in [5.74, 6) is -0.645. The molecule has 2 fully saturated rings. The zero-order valence-electron chi connectivity index (χ0n) is 9.65. The molecule has 1 aliphatic carbocycles. The van der Waals surface area contributed by atoms with Gasteiger partial charge in [0.1, 0.15) is 5.82 Å². The Balaban J connectivity index is 1.87. The van der Waals surface area contributed by atoms with Gasteiger partial charge < -0.3 is 5.32 Å². The standard InChI is InChI=1S/C13H13F4N/c14-11-5-8(13(15,16)17)1-2-9(11)10-6-12(10)3-4-18-7-12/h1-2,5,10,18H,3-4,6-7H2/t10?,12-/m0/s1. The molecule has 1 heterocycles. The zero-order valence-corrected chi connectivity index (χ0v) is 9.65. The molecule has 1 nitrogen and oxygen atoms in total. The highest BCUT2D eigenvalue weighted by atomic mass is 19.4. The van der Waals surface area contributed by atoms with E-state index >= 15 is 0 Å². The van der Waals surface area contributed by atoms with Crippen molar-refractivity contribution in [3.63, 3.8) is 0 Å². The van der Waals surface area contributed by atoms with Gasteiger partial charge in [-0.3, -0.25) is 0 Å². The number of nitrogens with one attached hydrogen (secondary N) is 1. The van der Waals surface area contributed by atoms with Crippen LogP contribution in [0.5, 0.6) is 0 Å². The highest BCUT2D eigenvalue weighted by molar-refractivity contribution is 5.35. The molecule has 1 aliphatic heterocycles. The summed E-state index contributed by atoms with van der Waals surface area (Å²) in [6, 6.07) is 2.90. The van der Waals surface area contributed by atoms with E-state index in [1.54, 1.807) is 0 Å². The molecular weight excluding hydrogens is 246 g/mol. The van der Waals surface area contributed by atoms with Crippen LogP contribution < -0.4 is 5.32 Å². The number of hydrogen-bond acceptors (Lipinski definition) is 1. The van der Waals surface area contributed by atoms with Gasteiger partial charge in [0.2, 0.25) is 0 Å². The quantitative estimate of drug-likeness (QED) is 0.763. The maximum absolute atomic E-state index is 13.8. The van der Waals surface area contributed by atoms with Crippen LogP contribution in [0.15, 0.2) is 18.2 Å². The van der Waals surface area contributed by atoms with Gasteiger partial charge in [-0.15, -0.1) is 0 Å². The molecule has 0 amide bonds. The normalized spacial score (nSPS) is 31.0. The summed E-state index contributed by atoms with van der Waals surface area (Å²) in [6.45, 7) is 1.76. The van der Waals surface area contributed by atoms with Crippen LogP contribution in [0.4, 0.5) is 17.6 Å². The van der Waals surface area contributed by atoms with E-state index in [1.165, 1.54) is 6.07 Å². The van der Waals surface area contributed by atoms with Gasteiger partial charge in [0, 0.05) is 6.54 Å². The van der Waals surface area contributed by atoms with Crippen molar-refractivity contribution >= 4 is 0 Å². The summed E-state index contributed by atoms with van der Waals surface area (Å²) in [6.07, 6.45) is -2.62. The Morgan fingerprint density at radius 1 is 1.28 bits per heavy atom. The van der Waals surface area contributed by atoms with Crippen molar-refractivity contribution in [3.8, 4) is 0 Å². The molecule has 98 valence electrons. The van der Waals surface area contributed by atoms with E-state index in [4.69, 9.17) is 0 Å². The lowest BCUT2D eigenvalue weighted by Gasteiger charge is -2.11. The average Bonchev–Trinajstić information content (AvgIpc) is 2.75. The first-order valence-electron chi connectivity index (χ1n) is 6.00. The Kier molecular flexibility index (Phi) is 2.46. The molecule has 1 spiro atoms. The largest absolute Gasteiger partial charge is 0.416 e. The molecule has 0 radical (unpaired) electrons. The van der Waals surface area contributed by atoms with Gasteiger partial charge in [0.15, 0.2) is 0 Å². The van der Waals surface area contributed by atoms with Gasteiger partial charge in [-0.2, -0.15) is 13.2 Å². The molecule has 2 aliphatic rings. The minimum atomic E-state index is -4.48. The van der Waals surface area contributed by atoms with Crippen LogP contribution in [0.25, 0.3) is 0 Å². The summed E-state index contributed by atoms with van der Waals surface area (Å²) in [5, 5.41) is 3.23. The number of hydrogen-bond donors (Lipinski definition) is 1. The Morgan fingerprint density at radius 2 is 2.06 bits per heavy atom. The second-order valence-corrected chi connectivity index (χ2v) is 5.28. The summed E-state index contributed by atoms with van der Waals surface area (Å²) < 4.78 is 51.1. The minimum Gasteiger partial charge on any atom is -0.316 e. The fourth-order valence-electron chi connectivity index (χ4n) is 3.01. The third kappa shape index (κ3) is 1.81. The first-order valence-corrected chi connectivity index (χ1v) is 6.00. The predicted octanol–water partition coefficient (Wildman–Crippen LogP) is 3.31. The van der Waals surface area contributed by atoms with Crippen molar-refractivity contribution in [2.75, 3.05) is 13.1 Å². The molecule has 3 rings (SSSR count). The Labute approximate surface area is 102 Å². The van der Waals surface area contributed by atoms with Gasteiger partial charge in [-0.25, -0.2) is 4.39 Å². The van der Waals surface area contributed by atoms with Gasteiger partial charge in [-0.1, -0.05) is 6.07 Å².